The molecule has 0 aromatic carbocycles. The second-order valence-corrected chi connectivity index (χ2v) is 13.5. The summed E-state index contributed by atoms with van der Waals surface area (Å²) in [7, 11) is 2.14. The van der Waals surface area contributed by atoms with Gasteiger partial charge < -0.3 is 14.4 Å². The Balaban J connectivity index is 2.18. The van der Waals surface area contributed by atoms with Crippen LogP contribution >= 0.6 is 0 Å². The fourth-order valence-electron chi connectivity index (χ4n) is 6.27. The topological polar surface area (TPSA) is 38.8 Å². The van der Waals surface area contributed by atoms with Crippen molar-refractivity contribution in [2.45, 2.75) is 187 Å². The summed E-state index contributed by atoms with van der Waals surface area (Å²) in [4.78, 5) is 15.0. The van der Waals surface area contributed by atoms with Gasteiger partial charge in [0.2, 0.25) is 0 Å². The van der Waals surface area contributed by atoms with Gasteiger partial charge >= 0.3 is 5.97 Å². The molecule has 244 valence electrons. The van der Waals surface area contributed by atoms with E-state index in [0.717, 1.165) is 45.4 Å². The third kappa shape index (κ3) is 23.5. The number of esters is 1. The molecule has 1 aliphatic heterocycles. The van der Waals surface area contributed by atoms with Crippen molar-refractivity contribution in [3.63, 3.8) is 0 Å². The number of nitrogens with zero attached hydrogens (tertiary/aromatic N) is 1. The molecule has 1 heterocycles. The van der Waals surface area contributed by atoms with Gasteiger partial charge in [-0.05, 0) is 71.5 Å². The lowest BCUT2D eigenvalue weighted by atomic mass is 9.94. The van der Waals surface area contributed by atoms with Crippen molar-refractivity contribution in [3.05, 3.63) is 0 Å². The van der Waals surface area contributed by atoms with Gasteiger partial charge in [0.15, 0.2) is 0 Å². The Kier molecular flexibility index (Phi) is 26.4. The highest BCUT2D eigenvalue weighted by Crippen LogP contribution is 2.22. The van der Waals surface area contributed by atoms with Crippen molar-refractivity contribution in [1.82, 2.24) is 4.90 Å². The Bertz CT molecular complexity index is 560. The van der Waals surface area contributed by atoms with Crippen LogP contribution in [0.4, 0.5) is 0 Å². The van der Waals surface area contributed by atoms with E-state index in [9.17, 15) is 4.79 Å². The fourth-order valence-corrected chi connectivity index (χ4v) is 6.27. The molecule has 0 bridgehead atoms. The van der Waals surface area contributed by atoms with Crippen LogP contribution in [0, 0.1) is 11.8 Å². The number of carbonyl (C=O) groups is 1. The first-order valence-electron chi connectivity index (χ1n) is 18.5. The van der Waals surface area contributed by atoms with Gasteiger partial charge in [-0.3, -0.25) is 4.79 Å². The second kappa shape index (κ2) is 28.2. The van der Waals surface area contributed by atoms with Crippen LogP contribution in [0.15, 0.2) is 0 Å². The number of hydrogen-bond donors (Lipinski definition) is 0. The van der Waals surface area contributed by atoms with Crippen molar-refractivity contribution in [1.29, 1.82) is 0 Å². The van der Waals surface area contributed by atoms with Gasteiger partial charge in [0.05, 0.1) is 18.6 Å². The van der Waals surface area contributed by atoms with Crippen molar-refractivity contribution in [3.8, 4) is 0 Å². The van der Waals surface area contributed by atoms with E-state index < -0.39 is 0 Å². The minimum atomic E-state index is 0.0581. The molecule has 1 saturated heterocycles. The van der Waals surface area contributed by atoms with Crippen molar-refractivity contribution < 1.29 is 14.3 Å². The molecule has 0 aromatic rings. The van der Waals surface area contributed by atoms with Crippen LogP contribution in [0.1, 0.15) is 181 Å². The highest BCUT2D eigenvalue weighted by molar-refractivity contribution is 5.72. The van der Waals surface area contributed by atoms with Crippen LogP contribution in [0.5, 0.6) is 0 Å². The maximum atomic E-state index is 12.7. The Labute approximate surface area is 257 Å². The summed E-state index contributed by atoms with van der Waals surface area (Å²) in [5, 5.41) is 0. The molecule has 4 nitrogen and oxygen atoms in total. The van der Waals surface area contributed by atoms with E-state index in [2.05, 4.69) is 32.7 Å². The lowest BCUT2D eigenvalue weighted by molar-refractivity contribution is -0.151. The van der Waals surface area contributed by atoms with Gasteiger partial charge in [-0.15, -0.1) is 0 Å². The van der Waals surface area contributed by atoms with E-state index in [-0.39, 0.29) is 11.9 Å². The quantitative estimate of drug-likeness (QED) is 0.0652. The van der Waals surface area contributed by atoms with E-state index in [1.165, 1.54) is 135 Å². The summed E-state index contributed by atoms with van der Waals surface area (Å²) in [6.07, 6.45) is 32.9. The van der Waals surface area contributed by atoms with E-state index in [0.29, 0.717) is 18.6 Å². The highest BCUT2D eigenvalue weighted by atomic mass is 16.5. The van der Waals surface area contributed by atoms with Crippen LogP contribution < -0.4 is 0 Å². The molecule has 1 fully saturated rings. The molecule has 0 N–H and O–H groups in total. The number of ether oxygens (including phenoxy) is 2. The molecular formula is C37H73NO3. The minimum Gasteiger partial charge on any atom is -0.465 e. The molecule has 0 amide bonds. The predicted molar refractivity (Wildman–Crippen MR) is 178 cm³/mol. The number of unbranched alkanes of at least 4 members (excludes halogenated alkanes) is 17. The summed E-state index contributed by atoms with van der Waals surface area (Å²) in [6.45, 7) is 10.4. The molecule has 1 rings (SSSR count). The Morgan fingerprint density at radius 1 is 0.659 bits per heavy atom. The smallest absolute Gasteiger partial charge is 0.309 e. The third-order valence-corrected chi connectivity index (χ3v) is 9.35. The Morgan fingerprint density at radius 2 is 1.12 bits per heavy atom. The Hall–Kier alpha value is -0.610. The van der Waals surface area contributed by atoms with Gasteiger partial charge in [0.1, 0.15) is 0 Å². The molecule has 0 saturated carbocycles. The van der Waals surface area contributed by atoms with Crippen LogP contribution in [-0.4, -0.2) is 50.3 Å². The minimum absolute atomic E-state index is 0.0581. The SMILES string of the molecule is CCCCCCCCCCCCCOC(C)CCCC(CCCCCCCCCC)COC(=O)C1CCN(C)CC1. The largest absolute Gasteiger partial charge is 0.465 e. The van der Waals surface area contributed by atoms with Crippen molar-refractivity contribution >= 4 is 5.97 Å². The lowest BCUT2D eigenvalue weighted by Crippen LogP contribution is -2.34. The third-order valence-electron chi connectivity index (χ3n) is 9.35. The normalized spacial score (nSPS) is 16.2. The summed E-state index contributed by atoms with van der Waals surface area (Å²) in [5.74, 6) is 0.672. The molecule has 1 aliphatic rings. The number of carbonyl (C=O) groups excluding carboxylic acids is 1. The summed E-state index contributed by atoms with van der Waals surface area (Å²) < 4.78 is 12.1. The first-order valence-corrected chi connectivity index (χ1v) is 18.5. The zero-order valence-corrected chi connectivity index (χ0v) is 28.4. The Morgan fingerprint density at radius 3 is 1.66 bits per heavy atom. The van der Waals surface area contributed by atoms with Crippen molar-refractivity contribution in [2.75, 3.05) is 33.4 Å². The fraction of sp³-hybridized carbons (Fsp3) is 0.973. The van der Waals surface area contributed by atoms with Crippen molar-refractivity contribution in [2.24, 2.45) is 11.8 Å². The number of rotatable bonds is 29. The van der Waals surface area contributed by atoms with Crippen LogP contribution in [0.3, 0.4) is 0 Å². The standard InChI is InChI=1S/C37H73NO3/c1-5-7-9-11-13-15-16-17-19-21-23-32-40-34(3)25-24-27-35(26-22-20-18-14-12-10-8-6-2)33-41-37(39)36-28-30-38(4)31-29-36/h34-36H,5-33H2,1-4H3. The number of piperidine rings is 1. The van der Waals surface area contributed by atoms with Gasteiger partial charge in [-0.2, -0.15) is 0 Å². The molecule has 0 aliphatic carbocycles. The van der Waals surface area contributed by atoms with Gasteiger partial charge in [-0.25, -0.2) is 0 Å². The van der Waals surface area contributed by atoms with E-state index in [1.807, 2.05) is 0 Å². The van der Waals surface area contributed by atoms with Crippen LogP contribution in [0.25, 0.3) is 0 Å². The summed E-state index contributed by atoms with van der Waals surface area (Å²) >= 11 is 0. The average Bonchev–Trinajstić information content (AvgIpc) is 2.97. The summed E-state index contributed by atoms with van der Waals surface area (Å²) in [6, 6.07) is 0. The van der Waals surface area contributed by atoms with Gasteiger partial charge in [0, 0.05) is 6.61 Å². The number of likely N-dealkylation sites (tertiary alicyclic amines) is 1. The van der Waals surface area contributed by atoms with E-state index in [1.54, 1.807) is 0 Å². The highest BCUT2D eigenvalue weighted by Gasteiger charge is 2.25. The maximum absolute atomic E-state index is 12.7. The van der Waals surface area contributed by atoms with Crippen LogP contribution in [0.2, 0.25) is 0 Å². The monoisotopic (exact) mass is 580 g/mol. The molecule has 4 heteroatoms. The molecule has 2 atom stereocenters. The molecule has 2 unspecified atom stereocenters. The number of hydrogen-bond acceptors (Lipinski definition) is 4. The summed E-state index contributed by atoms with van der Waals surface area (Å²) in [5.41, 5.74) is 0. The van der Waals surface area contributed by atoms with Crippen LogP contribution in [-0.2, 0) is 14.3 Å². The molecular weight excluding hydrogens is 506 g/mol. The van der Waals surface area contributed by atoms with E-state index >= 15 is 0 Å². The first kappa shape index (κ1) is 38.4. The first-order chi connectivity index (χ1) is 20.1. The molecule has 41 heavy (non-hydrogen) atoms. The molecule has 0 radical (unpaired) electrons. The molecule has 0 aromatic heterocycles. The van der Waals surface area contributed by atoms with E-state index in [4.69, 9.17) is 9.47 Å². The molecule has 0 spiro atoms. The van der Waals surface area contributed by atoms with Gasteiger partial charge in [0.25, 0.3) is 0 Å². The zero-order chi connectivity index (χ0) is 29.8. The average molecular weight is 580 g/mol. The van der Waals surface area contributed by atoms with Gasteiger partial charge in [-0.1, -0.05) is 136 Å². The zero-order valence-electron chi connectivity index (χ0n) is 28.4. The predicted octanol–water partition coefficient (Wildman–Crippen LogP) is 10.9. The lowest BCUT2D eigenvalue weighted by Gasteiger charge is -2.28. The second-order valence-electron chi connectivity index (χ2n) is 13.5. The maximum Gasteiger partial charge on any atom is 0.309 e.